The van der Waals surface area contributed by atoms with E-state index in [1.165, 1.54) is 0 Å². The van der Waals surface area contributed by atoms with E-state index < -0.39 is 17.4 Å². The van der Waals surface area contributed by atoms with Crippen LogP contribution in [-0.2, 0) is 9.59 Å². The first-order chi connectivity index (χ1) is 4.96. The van der Waals surface area contributed by atoms with Crippen LogP contribution in [0.15, 0.2) is 0 Å². The van der Waals surface area contributed by atoms with Crippen molar-refractivity contribution in [3.05, 3.63) is 0 Å². The fourth-order valence-electron chi connectivity index (χ4n) is 0.848. The van der Waals surface area contributed by atoms with E-state index in [2.05, 4.69) is 0 Å². The van der Waals surface area contributed by atoms with Crippen molar-refractivity contribution in [3.8, 4) is 0 Å². The number of carboxylic acid groups (broad SMARTS) is 1. The van der Waals surface area contributed by atoms with Crippen LogP contribution in [0.25, 0.3) is 0 Å². The molecule has 1 fully saturated rings. The molecular formula is C7H10O4. The van der Waals surface area contributed by atoms with Gasteiger partial charge in [-0.05, 0) is 19.8 Å². The number of aliphatic hydroxyl groups is 1. The first kappa shape index (κ1) is 8.20. The smallest absolute Gasteiger partial charge is 0.343 e. The van der Waals surface area contributed by atoms with Crippen LogP contribution in [0, 0.1) is 5.92 Å². The van der Waals surface area contributed by atoms with Crippen molar-refractivity contribution in [1.29, 1.82) is 0 Å². The number of aliphatic carboxylic acids is 1. The molecule has 4 heteroatoms. The fraction of sp³-hybridized carbons (Fsp3) is 0.714. The predicted molar refractivity (Wildman–Crippen MR) is 36.0 cm³/mol. The Bertz CT molecular complexity index is 202. The molecule has 0 radical (unpaired) electrons. The van der Waals surface area contributed by atoms with E-state index in [4.69, 9.17) is 10.2 Å². The van der Waals surface area contributed by atoms with E-state index in [-0.39, 0.29) is 5.92 Å². The van der Waals surface area contributed by atoms with E-state index in [1.807, 2.05) is 0 Å². The number of rotatable bonds is 3. The van der Waals surface area contributed by atoms with Crippen molar-refractivity contribution in [2.45, 2.75) is 25.4 Å². The molecule has 0 aliphatic heterocycles. The van der Waals surface area contributed by atoms with Gasteiger partial charge in [0.15, 0.2) is 5.78 Å². The molecule has 0 amide bonds. The van der Waals surface area contributed by atoms with Crippen molar-refractivity contribution in [2.75, 3.05) is 0 Å². The van der Waals surface area contributed by atoms with Gasteiger partial charge in [-0.25, -0.2) is 4.79 Å². The van der Waals surface area contributed by atoms with Gasteiger partial charge in [-0.2, -0.15) is 0 Å². The molecule has 1 atom stereocenters. The summed E-state index contributed by atoms with van der Waals surface area (Å²) in [6, 6.07) is 0. The average molecular weight is 158 g/mol. The molecule has 1 aliphatic carbocycles. The summed E-state index contributed by atoms with van der Waals surface area (Å²) in [6.07, 6.45) is 1.42. The highest BCUT2D eigenvalue weighted by molar-refractivity contribution is 6.07. The van der Waals surface area contributed by atoms with Gasteiger partial charge in [-0.15, -0.1) is 0 Å². The molecular weight excluding hydrogens is 148 g/mol. The zero-order chi connectivity index (χ0) is 8.65. The van der Waals surface area contributed by atoms with Crippen LogP contribution < -0.4 is 0 Å². The van der Waals surface area contributed by atoms with Crippen LogP contribution in [0.5, 0.6) is 0 Å². The molecule has 0 aromatic carbocycles. The third-order valence-electron chi connectivity index (χ3n) is 1.84. The zero-order valence-electron chi connectivity index (χ0n) is 6.20. The Morgan fingerprint density at radius 2 is 1.91 bits per heavy atom. The Morgan fingerprint density at radius 3 is 2.18 bits per heavy atom. The largest absolute Gasteiger partial charge is 0.479 e. The summed E-state index contributed by atoms with van der Waals surface area (Å²) in [6.45, 7) is 1.02. The summed E-state index contributed by atoms with van der Waals surface area (Å²) >= 11 is 0. The molecule has 0 heterocycles. The first-order valence-electron chi connectivity index (χ1n) is 3.46. The van der Waals surface area contributed by atoms with Crippen LogP contribution in [0.3, 0.4) is 0 Å². The quantitative estimate of drug-likeness (QED) is 0.558. The summed E-state index contributed by atoms with van der Waals surface area (Å²) in [5.74, 6) is -2.25. The van der Waals surface area contributed by atoms with Crippen molar-refractivity contribution in [2.24, 2.45) is 5.92 Å². The molecule has 2 N–H and O–H groups in total. The van der Waals surface area contributed by atoms with E-state index in [0.29, 0.717) is 12.8 Å². The SMILES string of the molecule is C[C@@](O)(C(=O)O)C(=O)C1CC1. The average Bonchev–Trinajstić information content (AvgIpc) is 2.66. The van der Waals surface area contributed by atoms with Gasteiger partial charge in [0.1, 0.15) is 0 Å². The Labute approximate surface area is 63.8 Å². The number of hydrogen-bond acceptors (Lipinski definition) is 3. The monoisotopic (exact) mass is 158 g/mol. The third kappa shape index (κ3) is 1.40. The Kier molecular flexibility index (Phi) is 1.72. The van der Waals surface area contributed by atoms with Crippen LogP contribution in [0.1, 0.15) is 19.8 Å². The normalized spacial score (nSPS) is 22.4. The summed E-state index contributed by atoms with van der Waals surface area (Å²) < 4.78 is 0. The van der Waals surface area contributed by atoms with Crippen molar-refractivity contribution in [3.63, 3.8) is 0 Å². The van der Waals surface area contributed by atoms with Gasteiger partial charge < -0.3 is 10.2 Å². The first-order valence-corrected chi connectivity index (χ1v) is 3.46. The predicted octanol–water partition coefficient (Wildman–Crippen LogP) is -0.199. The lowest BCUT2D eigenvalue weighted by atomic mass is 9.98. The maximum Gasteiger partial charge on any atom is 0.343 e. The number of carbonyl (C=O) groups excluding carboxylic acids is 1. The molecule has 1 rings (SSSR count). The number of carbonyl (C=O) groups is 2. The van der Waals surface area contributed by atoms with Crippen LogP contribution in [0.2, 0.25) is 0 Å². The Balaban J connectivity index is 2.69. The number of carboxylic acids is 1. The van der Waals surface area contributed by atoms with Gasteiger partial charge in [0.2, 0.25) is 5.60 Å². The van der Waals surface area contributed by atoms with E-state index in [1.54, 1.807) is 0 Å². The van der Waals surface area contributed by atoms with Gasteiger partial charge in [-0.3, -0.25) is 4.79 Å². The number of hydrogen-bond donors (Lipinski definition) is 2. The van der Waals surface area contributed by atoms with Gasteiger partial charge in [0, 0.05) is 5.92 Å². The highest BCUT2D eigenvalue weighted by Gasteiger charge is 2.46. The second-order valence-corrected chi connectivity index (χ2v) is 3.02. The van der Waals surface area contributed by atoms with Gasteiger partial charge in [-0.1, -0.05) is 0 Å². The van der Waals surface area contributed by atoms with Gasteiger partial charge in [0.05, 0.1) is 0 Å². The molecule has 62 valence electrons. The molecule has 0 saturated heterocycles. The number of Topliss-reactive ketones (excluding diaryl/α,β-unsaturated/α-hetero) is 1. The van der Waals surface area contributed by atoms with Crippen LogP contribution >= 0.6 is 0 Å². The van der Waals surface area contributed by atoms with Gasteiger partial charge >= 0.3 is 5.97 Å². The highest BCUT2D eigenvalue weighted by Crippen LogP contribution is 2.33. The van der Waals surface area contributed by atoms with Crippen molar-refractivity contribution in [1.82, 2.24) is 0 Å². The lowest BCUT2D eigenvalue weighted by Crippen LogP contribution is -2.44. The second-order valence-electron chi connectivity index (χ2n) is 3.02. The molecule has 0 aromatic rings. The number of ketones is 1. The summed E-state index contributed by atoms with van der Waals surface area (Å²) in [5, 5.41) is 17.5. The van der Waals surface area contributed by atoms with Crippen molar-refractivity contribution < 1.29 is 19.8 Å². The van der Waals surface area contributed by atoms with E-state index >= 15 is 0 Å². The lowest BCUT2D eigenvalue weighted by Gasteiger charge is -2.14. The lowest BCUT2D eigenvalue weighted by molar-refractivity contribution is -0.163. The fourth-order valence-corrected chi connectivity index (χ4v) is 0.848. The minimum absolute atomic E-state index is 0.221. The molecule has 0 aromatic heterocycles. The van der Waals surface area contributed by atoms with Crippen molar-refractivity contribution >= 4 is 11.8 Å². The molecule has 0 spiro atoms. The van der Waals surface area contributed by atoms with Crippen LogP contribution in [0.4, 0.5) is 0 Å². The molecule has 11 heavy (non-hydrogen) atoms. The molecule has 1 saturated carbocycles. The maximum atomic E-state index is 11.0. The van der Waals surface area contributed by atoms with Crippen LogP contribution in [-0.4, -0.2) is 27.6 Å². The minimum atomic E-state index is -2.18. The third-order valence-corrected chi connectivity index (χ3v) is 1.84. The van der Waals surface area contributed by atoms with E-state index in [9.17, 15) is 9.59 Å². The molecule has 4 nitrogen and oxygen atoms in total. The summed E-state index contributed by atoms with van der Waals surface area (Å²) in [4.78, 5) is 21.4. The summed E-state index contributed by atoms with van der Waals surface area (Å²) in [5.41, 5.74) is -2.18. The molecule has 0 bridgehead atoms. The Hall–Kier alpha value is -0.900. The zero-order valence-corrected chi connectivity index (χ0v) is 6.20. The molecule has 0 unspecified atom stereocenters. The second kappa shape index (κ2) is 2.30. The highest BCUT2D eigenvalue weighted by atomic mass is 16.4. The minimum Gasteiger partial charge on any atom is -0.479 e. The molecule has 1 aliphatic rings. The standard InChI is InChI=1S/C7H10O4/c1-7(11,6(9)10)5(8)4-2-3-4/h4,11H,2-3H2,1H3,(H,9,10)/t7-/m0/s1. The topological polar surface area (TPSA) is 74.6 Å². The summed E-state index contributed by atoms with van der Waals surface area (Å²) in [7, 11) is 0. The Morgan fingerprint density at radius 1 is 1.45 bits per heavy atom. The maximum absolute atomic E-state index is 11.0. The van der Waals surface area contributed by atoms with Gasteiger partial charge in [0.25, 0.3) is 0 Å². The van der Waals surface area contributed by atoms with E-state index in [0.717, 1.165) is 6.92 Å².